The van der Waals surface area contributed by atoms with Crippen LogP contribution in [0, 0.1) is 52.3 Å². The standard InChI is InChI=1S/C27H44N2O4/c1-5-16-18-8-6-7-13-26(18,3)20-14-21(30)27(4)17(10-11-19(27)23(20)24(16)31)15(2)9-12-22-28-25(32)33-29-22/h15-21,23-24,30-31H,5-14H2,1-4H3,(H,28,29,32)/t15-,16-,17-,18+,19?,20?,21+,23?,24-,26+,27-/m1/s1. The summed E-state index contributed by atoms with van der Waals surface area (Å²) in [6.45, 7) is 9.40. The molecule has 4 aliphatic rings. The average molecular weight is 461 g/mol. The van der Waals surface area contributed by atoms with Gasteiger partial charge in [-0.05, 0) is 90.8 Å². The molecule has 0 aliphatic heterocycles. The molecule has 186 valence electrons. The summed E-state index contributed by atoms with van der Waals surface area (Å²) in [5.74, 6) is 3.07. The molecule has 4 fully saturated rings. The van der Waals surface area contributed by atoms with Crippen molar-refractivity contribution in [3.05, 3.63) is 16.4 Å². The van der Waals surface area contributed by atoms with E-state index in [0.717, 1.165) is 32.1 Å². The van der Waals surface area contributed by atoms with E-state index in [9.17, 15) is 15.0 Å². The van der Waals surface area contributed by atoms with Crippen molar-refractivity contribution in [3.63, 3.8) is 0 Å². The summed E-state index contributed by atoms with van der Waals surface area (Å²) in [4.78, 5) is 13.9. The van der Waals surface area contributed by atoms with Gasteiger partial charge in [-0.25, -0.2) is 4.79 Å². The normalized spacial score (nSPS) is 48.1. The van der Waals surface area contributed by atoms with Crippen molar-refractivity contribution >= 4 is 0 Å². The van der Waals surface area contributed by atoms with Crippen molar-refractivity contribution in [2.45, 2.75) is 104 Å². The highest BCUT2D eigenvalue weighted by Crippen LogP contribution is 2.69. The van der Waals surface area contributed by atoms with E-state index in [2.05, 4.69) is 42.4 Å². The Kier molecular flexibility index (Phi) is 6.09. The second-order valence-electron chi connectivity index (χ2n) is 12.6. The van der Waals surface area contributed by atoms with Gasteiger partial charge >= 0.3 is 5.76 Å². The first-order valence-corrected chi connectivity index (χ1v) is 13.6. The van der Waals surface area contributed by atoms with Crippen molar-refractivity contribution in [2.75, 3.05) is 0 Å². The lowest BCUT2D eigenvalue weighted by Crippen LogP contribution is -2.64. The number of aryl methyl sites for hydroxylation is 1. The number of H-pyrrole nitrogens is 1. The Bertz CT molecular complexity index is 897. The molecule has 1 heterocycles. The molecule has 1 aromatic rings. The zero-order valence-electron chi connectivity index (χ0n) is 20.9. The Morgan fingerprint density at radius 2 is 1.94 bits per heavy atom. The molecule has 4 saturated carbocycles. The third kappa shape index (κ3) is 3.49. The number of rotatable bonds is 5. The fourth-order valence-corrected chi connectivity index (χ4v) is 9.90. The number of hydrogen-bond donors (Lipinski definition) is 3. The van der Waals surface area contributed by atoms with Gasteiger partial charge in [0.25, 0.3) is 0 Å². The molecule has 0 saturated heterocycles. The van der Waals surface area contributed by atoms with Gasteiger partial charge in [-0.15, -0.1) is 0 Å². The lowest BCUT2D eigenvalue weighted by molar-refractivity contribution is -0.222. The molecule has 0 aromatic carbocycles. The van der Waals surface area contributed by atoms with Gasteiger partial charge in [0.05, 0.1) is 12.2 Å². The van der Waals surface area contributed by atoms with E-state index in [0.29, 0.717) is 53.7 Å². The van der Waals surface area contributed by atoms with Crippen molar-refractivity contribution in [3.8, 4) is 0 Å². The van der Waals surface area contributed by atoms with Crippen LogP contribution in [0.15, 0.2) is 9.32 Å². The number of aromatic nitrogens is 2. The van der Waals surface area contributed by atoms with Crippen LogP contribution in [0.2, 0.25) is 0 Å². The molecular formula is C27H44N2O4. The quantitative estimate of drug-likeness (QED) is 0.598. The highest BCUT2D eigenvalue weighted by molar-refractivity contribution is 5.15. The highest BCUT2D eigenvalue weighted by atomic mass is 16.5. The van der Waals surface area contributed by atoms with E-state index in [1.54, 1.807) is 0 Å². The number of fused-ring (bicyclic) bond motifs is 5. The minimum absolute atomic E-state index is 0.158. The Morgan fingerprint density at radius 1 is 1.15 bits per heavy atom. The number of nitrogens with one attached hydrogen (secondary N) is 1. The average Bonchev–Trinajstić information content (AvgIpc) is 3.37. The van der Waals surface area contributed by atoms with Crippen molar-refractivity contribution in [2.24, 2.45) is 52.3 Å². The topological polar surface area (TPSA) is 99.4 Å². The minimum atomic E-state index is -0.495. The first kappa shape index (κ1) is 23.6. The number of aromatic amines is 1. The van der Waals surface area contributed by atoms with Gasteiger partial charge in [-0.2, -0.15) is 0 Å². The van der Waals surface area contributed by atoms with Crippen molar-refractivity contribution in [1.82, 2.24) is 10.1 Å². The summed E-state index contributed by atoms with van der Waals surface area (Å²) < 4.78 is 4.66. The Hall–Kier alpha value is -1.14. The zero-order valence-corrected chi connectivity index (χ0v) is 20.9. The van der Waals surface area contributed by atoms with Crippen molar-refractivity contribution in [1.29, 1.82) is 0 Å². The molecule has 11 atom stereocenters. The predicted molar refractivity (Wildman–Crippen MR) is 126 cm³/mol. The van der Waals surface area contributed by atoms with E-state index in [-0.39, 0.29) is 23.0 Å². The predicted octanol–water partition coefficient (Wildman–Crippen LogP) is 4.56. The third-order valence-electron chi connectivity index (χ3n) is 11.5. The van der Waals surface area contributed by atoms with E-state index < -0.39 is 5.76 Å². The molecule has 5 rings (SSSR count). The van der Waals surface area contributed by atoms with Gasteiger partial charge in [-0.1, -0.05) is 52.1 Å². The maximum Gasteiger partial charge on any atom is 0.438 e. The second-order valence-corrected chi connectivity index (χ2v) is 12.6. The Morgan fingerprint density at radius 3 is 2.64 bits per heavy atom. The number of aliphatic hydroxyl groups excluding tert-OH is 2. The molecule has 0 spiro atoms. The van der Waals surface area contributed by atoms with Crippen LogP contribution in [0.4, 0.5) is 0 Å². The molecule has 3 unspecified atom stereocenters. The summed E-state index contributed by atoms with van der Waals surface area (Å²) >= 11 is 0. The first-order valence-electron chi connectivity index (χ1n) is 13.6. The van der Waals surface area contributed by atoms with Crippen molar-refractivity contribution < 1.29 is 14.7 Å². The zero-order chi connectivity index (χ0) is 23.5. The lowest BCUT2D eigenvalue weighted by Gasteiger charge is -2.65. The maximum absolute atomic E-state index is 11.8. The van der Waals surface area contributed by atoms with Crippen LogP contribution in [0.25, 0.3) is 0 Å². The van der Waals surface area contributed by atoms with Crippen LogP contribution in [-0.2, 0) is 6.42 Å². The molecule has 1 aromatic heterocycles. The van der Waals surface area contributed by atoms with Gasteiger partial charge in [0.1, 0.15) is 0 Å². The third-order valence-corrected chi connectivity index (χ3v) is 11.5. The Balaban J connectivity index is 1.41. The second kappa shape index (κ2) is 8.51. The van der Waals surface area contributed by atoms with Crippen LogP contribution in [-0.4, -0.2) is 32.6 Å². The monoisotopic (exact) mass is 460 g/mol. The molecule has 6 heteroatoms. The van der Waals surface area contributed by atoms with E-state index in [4.69, 9.17) is 0 Å². The Labute approximate surface area is 197 Å². The van der Waals surface area contributed by atoms with Gasteiger partial charge in [0.2, 0.25) is 0 Å². The summed E-state index contributed by atoms with van der Waals surface area (Å²) in [5.41, 5.74) is 0.0998. The smallest absolute Gasteiger partial charge is 0.393 e. The first-order chi connectivity index (χ1) is 15.7. The summed E-state index contributed by atoms with van der Waals surface area (Å²) in [6.07, 6.45) is 10.3. The van der Waals surface area contributed by atoms with Gasteiger partial charge in [0, 0.05) is 6.42 Å². The maximum atomic E-state index is 11.8. The minimum Gasteiger partial charge on any atom is -0.393 e. The molecule has 6 nitrogen and oxygen atoms in total. The molecule has 33 heavy (non-hydrogen) atoms. The summed E-state index contributed by atoms with van der Waals surface area (Å²) in [7, 11) is 0. The summed E-state index contributed by atoms with van der Waals surface area (Å²) in [6, 6.07) is 0. The molecule has 4 aliphatic carbocycles. The van der Waals surface area contributed by atoms with E-state index in [1.165, 1.54) is 25.7 Å². The summed E-state index contributed by atoms with van der Waals surface area (Å²) in [5, 5.41) is 27.4. The van der Waals surface area contributed by atoms with E-state index in [1.807, 2.05) is 0 Å². The fraction of sp³-hybridized carbons (Fsp3) is 0.926. The molecule has 3 N–H and O–H groups in total. The van der Waals surface area contributed by atoms with Crippen LogP contribution < -0.4 is 5.76 Å². The fourth-order valence-electron chi connectivity index (χ4n) is 9.90. The highest BCUT2D eigenvalue weighted by Gasteiger charge is 2.66. The van der Waals surface area contributed by atoms with Crippen LogP contribution in [0.3, 0.4) is 0 Å². The SMILES string of the molecule is CC[C@H]1[C@@H](O)C2C3CC[C@H]([C@H](C)CCc4noc(=O)[nH]4)[C@@]3(C)[C@@H](O)CC2[C@@]2(C)CCCC[C@@H]12. The van der Waals surface area contributed by atoms with E-state index >= 15 is 0 Å². The largest absolute Gasteiger partial charge is 0.438 e. The van der Waals surface area contributed by atoms with Gasteiger partial charge in [-0.3, -0.25) is 9.51 Å². The lowest BCUT2D eigenvalue weighted by atomic mass is 9.41. The van der Waals surface area contributed by atoms with Gasteiger partial charge in [0.15, 0.2) is 5.82 Å². The molecule has 0 radical (unpaired) electrons. The molecule has 0 amide bonds. The molecular weight excluding hydrogens is 416 g/mol. The number of aliphatic hydroxyl groups is 2. The van der Waals surface area contributed by atoms with Crippen LogP contribution >= 0.6 is 0 Å². The van der Waals surface area contributed by atoms with Gasteiger partial charge < -0.3 is 10.2 Å². The van der Waals surface area contributed by atoms with Crippen LogP contribution in [0.5, 0.6) is 0 Å². The number of hydrogen-bond acceptors (Lipinski definition) is 5. The number of nitrogens with zero attached hydrogens (tertiary/aromatic N) is 1. The van der Waals surface area contributed by atoms with Crippen LogP contribution in [0.1, 0.15) is 91.3 Å². The molecule has 0 bridgehead atoms.